The van der Waals surface area contributed by atoms with Crippen molar-refractivity contribution >= 4 is 17.0 Å². The van der Waals surface area contributed by atoms with Crippen LogP contribution in [0.3, 0.4) is 0 Å². The predicted octanol–water partition coefficient (Wildman–Crippen LogP) is 3.04. The number of anilines is 2. The summed E-state index contributed by atoms with van der Waals surface area (Å²) in [6.45, 7) is -1.21. The summed E-state index contributed by atoms with van der Waals surface area (Å²) in [4.78, 5) is 16.2. The molecule has 0 unspecified atom stereocenters. The van der Waals surface area contributed by atoms with Gasteiger partial charge in [0.2, 0.25) is 11.8 Å². The molecule has 0 spiro atoms. The highest BCUT2D eigenvalue weighted by molar-refractivity contribution is 5.79. The second kappa shape index (κ2) is 7.97. The Bertz CT molecular complexity index is 1380. The van der Waals surface area contributed by atoms with Gasteiger partial charge in [-0.05, 0) is 12.1 Å². The highest BCUT2D eigenvalue weighted by Crippen LogP contribution is 2.39. The smallest absolute Gasteiger partial charge is 0.407 e. The molecule has 4 aromatic heterocycles. The molecule has 34 heavy (non-hydrogen) atoms. The maximum atomic E-state index is 14.6. The Morgan fingerprint density at radius 2 is 1.88 bits per heavy atom. The number of nitrogens with zero attached hydrogens (tertiary/aromatic N) is 8. The van der Waals surface area contributed by atoms with Gasteiger partial charge in [-0.15, -0.1) is 0 Å². The molecule has 14 heteroatoms. The van der Waals surface area contributed by atoms with E-state index in [1.165, 1.54) is 50.0 Å². The first-order valence-electron chi connectivity index (χ1n) is 9.83. The lowest BCUT2D eigenvalue weighted by molar-refractivity contribution is -0.119. The van der Waals surface area contributed by atoms with Crippen molar-refractivity contribution < 1.29 is 27.0 Å². The van der Waals surface area contributed by atoms with Crippen molar-refractivity contribution in [3.05, 3.63) is 48.4 Å². The fourth-order valence-corrected chi connectivity index (χ4v) is 3.75. The van der Waals surface area contributed by atoms with Gasteiger partial charge >= 0.3 is 12.2 Å². The Labute approximate surface area is 189 Å². The molecule has 4 aromatic rings. The number of imidazole rings is 1. The summed E-state index contributed by atoms with van der Waals surface area (Å²) in [6.07, 6.45) is 0.700. The molecule has 176 valence electrons. The number of pyridine rings is 1. The summed E-state index contributed by atoms with van der Waals surface area (Å²) in [5, 5.41) is 6.67. The van der Waals surface area contributed by atoms with E-state index in [-0.39, 0.29) is 41.0 Å². The molecule has 0 fully saturated rings. The maximum Gasteiger partial charge on any atom is 0.407 e. The second-order valence-electron chi connectivity index (χ2n) is 7.25. The fourth-order valence-electron chi connectivity index (χ4n) is 3.75. The molecule has 0 aliphatic carbocycles. The van der Waals surface area contributed by atoms with E-state index in [0.717, 1.165) is 15.7 Å². The lowest BCUT2D eigenvalue weighted by Gasteiger charge is -2.32. The first-order chi connectivity index (χ1) is 16.3. The zero-order valence-corrected chi connectivity index (χ0v) is 17.8. The number of fused-ring (bicyclic) bond motifs is 2. The highest BCUT2D eigenvalue weighted by atomic mass is 19.4. The number of alkyl halides is 3. The number of ether oxygens (including phenoxy) is 2. The third-order valence-corrected chi connectivity index (χ3v) is 5.16. The molecule has 0 bridgehead atoms. The summed E-state index contributed by atoms with van der Waals surface area (Å²) in [7, 11) is 2.75. The van der Waals surface area contributed by atoms with Gasteiger partial charge in [-0.3, -0.25) is 15.0 Å². The van der Waals surface area contributed by atoms with Gasteiger partial charge in [0.15, 0.2) is 5.65 Å². The van der Waals surface area contributed by atoms with Crippen molar-refractivity contribution in [2.45, 2.75) is 12.7 Å². The van der Waals surface area contributed by atoms with E-state index in [0.29, 0.717) is 11.3 Å². The number of hydrogen-bond acceptors (Lipinski definition) is 9. The lowest BCUT2D eigenvalue weighted by atomic mass is 10.2. The second-order valence-corrected chi connectivity index (χ2v) is 7.25. The zero-order valence-electron chi connectivity index (χ0n) is 17.8. The van der Waals surface area contributed by atoms with E-state index < -0.39 is 18.7 Å². The fraction of sp³-hybridized carbons (Fsp3) is 0.250. The van der Waals surface area contributed by atoms with E-state index >= 15 is 0 Å². The predicted molar refractivity (Wildman–Crippen MR) is 111 cm³/mol. The zero-order chi connectivity index (χ0) is 24.0. The molecule has 0 radical (unpaired) electrons. The van der Waals surface area contributed by atoms with Gasteiger partial charge in [0.25, 0.3) is 0 Å². The van der Waals surface area contributed by atoms with Crippen LogP contribution < -0.4 is 19.5 Å². The van der Waals surface area contributed by atoms with Crippen LogP contribution in [0.2, 0.25) is 0 Å². The van der Waals surface area contributed by atoms with Gasteiger partial charge in [-0.1, -0.05) is 0 Å². The van der Waals surface area contributed by atoms with Crippen LogP contribution in [-0.4, -0.2) is 56.5 Å². The molecule has 0 saturated heterocycles. The SMILES string of the molecule is COc1ncc(-c2cc(N3Cc4cnccc4N3CC(F)(F)F)c3ncc(F)n3n2)c(OC)n1. The number of methoxy groups -OCH3 is 2. The minimum Gasteiger partial charge on any atom is -0.480 e. The van der Waals surface area contributed by atoms with Crippen LogP contribution in [0.25, 0.3) is 16.9 Å². The minimum absolute atomic E-state index is 0.0302. The van der Waals surface area contributed by atoms with Crippen molar-refractivity contribution in [1.29, 1.82) is 0 Å². The average molecular weight is 476 g/mol. The Morgan fingerprint density at radius 3 is 2.62 bits per heavy atom. The summed E-state index contributed by atoms with van der Waals surface area (Å²) in [5.74, 6) is -0.710. The molecule has 0 aromatic carbocycles. The van der Waals surface area contributed by atoms with Gasteiger partial charge in [-0.25, -0.2) is 9.97 Å². The van der Waals surface area contributed by atoms with Crippen molar-refractivity contribution in [3.63, 3.8) is 0 Å². The molecule has 0 atom stereocenters. The van der Waals surface area contributed by atoms with Crippen LogP contribution in [0, 0.1) is 5.95 Å². The first-order valence-corrected chi connectivity index (χ1v) is 9.83. The van der Waals surface area contributed by atoms with Crippen molar-refractivity contribution in [1.82, 2.24) is 29.5 Å². The molecule has 0 amide bonds. The van der Waals surface area contributed by atoms with E-state index in [2.05, 4.69) is 25.0 Å². The Kier molecular flexibility index (Phi) is 5.06. The maximum absolute atomic E-state index is 14.6. The van der Waals surface area contributed by atoms with E-state index in [1.54, 1.807) is 0 Å². The summed E-state index contributed by atoms with van der Waals surface area (Å²) < 4.78 is 66.3. The standard InChI is InChI=1S/C20H16F4N8O2/c1-33-18-12(7-27-19(28-18)34-2)13-5-15(17-26-8-16(21)32(17)29-13)30-9-11-6-25-4-3-14(11)31(30)10-20(22,23)24/h3-8H,9-10H2,1-2H3. The Hall–Kier alpha value is -4.23. The number of hydrogen-bond donors (Lipinski definition) is 0. The number of halogens is 4. The molecule has 5 rings (SSSR count). The van der Waals surface area contributed by atoms with Crippen LogP contribution >= 0.6 is 0 Å². The quantitative estimate of drug-likeness (QED) is 0.403. The van der Waals surface area contributed by atoms with Crippen LogP contribution in [-0.2, 0) is 6.54 Å². The van der Waals surface area contributed by atoms with E-state index in [4.69, 9.17) is 9.47 Å². The molecule has 1 aliphatic heterocycles. The van der Waals surface area contributed by atoms with Crippen LogP contribution in [0.4, 0.5) is 28.9 Å². The largest absolute Gasteiger partial charge is 0.480 e. The van der Waals surface area contributed by atoms with Crippen LogP contribution in [0.5, 0.6) is 11.9 Å². The summed E-state index contributed by atoms with van der Waals surface area (Å²) in [6, 6.07) is 3.01. The van der Waals surface area contributed by atoms with Gasteiger partial charge in [-0.2, -0.15) is 32.2 Å². The Morgan fingerprint density at radius 1 is 1.06 bits per heavy atom. The third-order valence-electron chi connectivity index (χ3n) is 5.16. The highest BCUT2D eigenvalue weighted by Gasteiger charge is 2.39. The molecule has 0 N–H and O–H groups in total. The monoisotopic (exact) mass is 476 g/mol. The van der Waals surface area contributed by atoms with Crippen molar-refractivity contribution in [2.24, 2.45) is 0 Å². The van der Waals surface area contributed by atoms with Gasteiger partial charge in [0.1, 0.15) is 17.9 Å². The number of rotatable bonds is 5. The lowest BCUT2D eigenvalue weighted by Crippen LogP contribution is -2.44. The molecule has 5 heterocycles. The molecule has 0 saturated carbocycles. The topological polar surface area (TPSA) is 93.8 Å². The first kappa shape index (κ1) is 21.6. The molecular formula is C20H16F4N8O2. The molecular weight excluding hydrogens is 460 g/mol. The van der Waals surface area contributed by atoms with Gasteiger partial charge in [0.05, 0.1) is 38.2 Å². The van der Waals surface area contributed by atoms with Crippen LogP contribution in [0.1, 0.15) is 5.56 Å². The summed E-state index contributed by atoms with van der Waals surface area (Å²) in [5.41, 5.74) is 1.55. The Balaban J connectivity index is 1.70. The van der Waals surface area contributed by atoms with E-state index in [9.17, 15) is 17.6 Å². The number of aromatic nitrogens is 6. The molecule has 1 aliphatic rings. The third kappa shape index (κ3) is 3.66. The van der Waals surface area contributed by atoms with Crippen molar-refractivity contribution in [3.8, 4) is 23.1 Å². The average Bonchev–Trinajstić information content (AvgIpc) is 3.37. The normalized spacial score (nSPS) is 13.5. The number of hydrazine groups is 1. The summed E-state index contributed by atoms with van der Waals surface area (Å²) >= 11 is 0. The molecule has 10 nitrogen and oxygen atoms in total. The van der Waals surface area contributed by atoms with Gasteiger partial charge < -0.3 is 9.47 Å². The van der Waals surface area contributed by atoms with Crippen molar-refractivity contribution in [2.75, 3.05) is 30.8 Å². The minimum atomic E-state index is -4.51. The van der Waals surface area contributed by atoms with Crippen LogP contribution in [0.15, 0.2) is 36.9 Å². The van der Waals surface area contributed by atoms with E-state index in [1.807, 2.05) is 0 Å². The van der Waals surface area contributed by atoms with Gasteiger partial charge in [0, 0.05) is 24.2 Å².